The highest BCUT2D eigenvalue weighted by Gasteiger charge is 2.05. The number of hydrogen-bond donors (Lipinski definition) is 1. The summed E-state index contributed by atoms with van der Waals surface area (Å²) < 4.78 is 13.1. The fourth-order valence-corrected chi connectivity index (χ4v) is 1.57. The Morgan fingerprint density at radius 2 is 2.25 bits per heavy atom. The van der Waals surface area contributed by atoms with E-state index in [0.717, 1.165) is 12.1 Å². The number of rotatable bonds is 5. The predicted molar refractivity (Wildman–Crippen MR) is 63.7 cm³/mol. The molecule has 0 bridgehead atoms. The van der Waals surface area contributed by atoms with E-state index < -0.39 is 5.82 Å². The summed E-state index contributed by atoms with van der Waals surface area (Å²) >= 11 is 0. The van der Waals surface area contributed by atoms with Crippen LogP contribution in [-0.4, -0.2) is 6.04 Å². The van der Waals surface area contributed by atoms with Gasteiger partial charge in [-0.15, -0.1) is 0 Å². The first-order valence-electron chi connectivity index (χ1n) is 5.63. The number of hydrogen-bond acceptors (Lipinski definition) is 2. The molecule has 1 atom stereocenters. The molecule has 16 heavy (non-hydrogen) atoms. The first kappa shape index (κ1) is 12.5. The Labute approximate surface area is 96.1 Å². The third-order valence-electron chi connectivity index (χ3n) is 2.49. The largest absolute Gasteiger partial charge is 0.383 e. The van der Waals surface area contributed by atoms with Crippen LogP contribution in [0.4, 0.5) is 10.1 Å². The monoisotopic (exact) mass is 220 g/mol. The lowest BCUT2D eigenvalue weighted by Crippen LogP contribution is -2.14. The van der Waals surface area contributed by atoms with Gasteiger partial charge in [0.15, 0.2) is 0 Å². The summed E-state index contributed by atoms with van der Waals surface area (Å²) in [5.41, 5.74) is 0.897. The number of unbranched alkanes of at least 4 members (excludes halogenated alkanes) is 1. The van der Waals surface area contributed by atoms with E-state index in [1.54, 1.807) is 12.1 Å². The van der Waals surface area contributed by atoms with E-state index in [1.165, 1.54) is 18.9 Å². The van der Waals surface area contributed by atoms with Gasteiger partial charge in [0.05, 0.1) is 5.56 Å². The molecule has 0 saturated heterocycles. The normalized spacial score (nSPS) is 11.9. The van der Waals surface area contributed by atoms with E-state index in [9.17, 15) is 4.39 Å². The van der Waals surface area contributed by atoms with E-state index in [1.807, 2.05) is 6.07 Å². The van der Waals surface area contributed by atoms with E-state index in [-0.39, 0.29) is 5.56 Å². The Kier molecular flexibility index (Phi) is 4.78. The zero-order valence-electron chi connectivity index (χ0n) is 9.76. The smallest absolute Gasteiger partial charge is 0.141 e. The van der Waals surface area contributed by atoms with Crippen LogP contribution in [0.1, 0.15) is 38.7 Å². The average Bonchev–Trinajstić information content (AvgIpc) is 2.29. The van der Waals surface area contributed by atoms with E-state index in [2.05, 4.69) is 19.2 Å². The van der Waals surface area contributed by atoms with Gasteiger partial charge in [-0.05, 0) is 31.5 Å². The topological polar surface area (TPSA) is 35.8 Å². The van der Waals surface area contributed by atoms with Crippen molar-refractivity contribution in [2.45, 2.75) is 39.2 Å². The van der Waals surface area contributed by atoms with Gasteiger partial charge in [0, 0.05) is 11.7 Å². The molecule has 0 spiro atoms. The number of anilines is 1. The van der Waals surface area contributed by atoms with Crippen LogP contribution in [0.3, 0.4) is 0 Å². The second-order valence-electron chi connectivity index (χ2n) is 3.99. The van der Waals surface area contributed by atoms with Crippen molar-refractivity contribution in [3.05, 3.63) is 29.6 Å². The van der Waals surface area contributed by atoms with Gasteiger partial charge >= 0.3 is 0 Å². The number of nitriles is 1. The maximum absolute atomic E-state index is 13.1. The molecule has 1 rings (SSSR count). The molecule has 0 aliphatic rings. The molecule has 0 aliphatic carbocycles. The molecular formula is C13H17FN2. The molecule has 1 aromatic carbocycles. The molecule has 1 aromatic rings. The lowest BCUT2D eigenvalue weighted by atomic mass is 10.1. The standard InChI is InChI=1S/C13H17FN2/c1-3-4-5-10(2)16-12-6-7-13(14)11(8-12)9-15/h6-8,10,16H,3-5H2,1-2H3. The molecule has 0 fully saturated rings. The van der Waals surface area contributed by atoms with Crippen molar-refractivity contribution < 1.29 is 4.39 Å². The van der Waals surface area contributed by atoms with Crippen LogP contribution in [0.15, 0.2) is 18.2 Å². The van der Waals surface area contributed by atoms with Crippen molar-refractivity contribution in [1.29, 1.82) is 5.26 Å². The van der Waals surface area contributed by atoms with Gasteiger partial charge in [-0.25, -0.2) is 4.39 Å². The maximum atomic E-state index is 13.1. The Morgan fingerprint density at radius 1 is 1.50 bits per heavy atom. The Hall–Kier alpha value is -1.56. The van der Waals surface area contributed by atoms with Crippen molar-refractivity contribution in [1.82, 2.24) is 0 Å². The molecule has 0 aromatic heterocycles. The second-order valence-corrected chi connectivity index (χ2v) is 3.99. The summed E-state index contributed by atoms with van der Waals surface area (Å²) in [6, 6.07) is 6.73. The fraction of sp³-hybridized carbons (Fsp3) is 0.462. The molecule has 0 aliphatic heterocycles. The lowest BCUT2D eigenvalue weighted by molar-refractivity contribution is 0.622. The molecule has 1 unspecified atom stereocenters. The van der Waals surface area contributed by atoms with E-state index in [0.29, 0.717) is 6.04 Å². The van der Waals surface area contributed by atoms with Crippen LogP contribution in [0.5, 0.6) is 0 Å². The lowest BCUT2D eigenvalue weighted by Gasteiger charge is -2.14. The SMILES string of the molecule is CCCCC(C)Nc1ccc(F)c(C#N)c1. The molecule has 0 heterocycles. The average molecular weight is 220 g/mol. The number of halogens is 1. The van der Waals surface area contributed by atoms with Gasteiger partial charge in [0.2, 0.25) is 0 Å². The van der Waals surface area contributed by atoms with Crippen molar-refractivity contribution in [2.24, 2.45) is 0 Å². The first-order valence-corrected chi connectivity index (χ1v) is 5.63. The van der Waals surface area contributed by atoms with E-state index >= 15 is 0 Å². The summed E-state index contributed by atoms with van der Waals surface area (Å²) in [7, 11) is 0. The van der Waals surface area contributed by atoms with Crippen molar-refractivity contribution in [3.8, 4) is 6.07 Å². The van der Waals surface area contributed by atoms with Gasteiger partial charge in [-0.3, -0.25) is 0 Å². The molecule has 0 amide bonds. The highest BCUT2D eigenvalue weighted by Crippen LogP contribution is 2.16. The van der Waals surface area contributed by atoms with Crippen molar-refractivity contribution >= 4 is 5.69 Å². The number of benzene rings is 1. The van der Waals surface area contributed by atoms with Crippen molar-refractivity contribution in [3.63, 3.8) is 0 Å². The van der Waals surface area contributed by atoms with Crippen LogP contribution in [0.2, 0.25) is 0 Å². The zero-order chi connectivity index (χ0) is 12.0. The van der Waals surface area contributed by atoms with Crippen molar-refractivity contribution in [2.75, 3.05) is 5.32 Å². The quantitative estimate of drug-likeness (QED) is 0.821. The van der Waals surface area contributed by atoms with Gasteiger partial charge in [-0.1, -0.05) is 19.8 Å². The molecule has 0 saturated carbocycles. The minimum atomic E-state index is -0.464. The highest BCUT2D eigenvalue weighted by molar-refractivity contribution is 5.50. The first-order chi connectivity index (χ1) is 7.67. The molecule has 0 radical (unpaired) electrons. The Bertz CT molecular complexity index is 382. The summed E-state index contributed by atoms with van der Waals surface area (Å²) in [6.07, 6.45) is 3.41. The Morgan fingerprint density at radius 3 is 2.88 bits per heavy atom. The summed E-state index contributed by atoms with van der Waals surface area (Å²) in [6.45, 7) is 4.24. The Balaban J connectivity index is 2.64. The van der Waals surface area contributed by atoms with Crippen LogP contribution >= 0.6 is 0 Å². The number of nitrogens with one attached hydrogen (secondary N) is 1. The third kappa shape index (κ3) is 3.54. The summed E-state index contributed by atoms with van der Waals surface area (Å²) in [5.74, 6) is -0.464. The van der Waals surface area contributed by atoms with Gasteiger partial charge < -0.3 is 5.32 Å². The zero-order valence-corrected chi connectivity index (χ0v) is 9.76. The minimum Gasteiger partial charge on any atom is -0.383 e. The minimum absolute atomic E-state index is 0.0905. The van der Waals surface area contributed by atoms with Crippen LogP contribution in [0.25, 0.3) is 0 Å². The molecule has 1 N–H and O–H groups in total. The van der Waals surface area contributed by atoms with Crippen LogP contribution in [0, 0.1) is 17.1 Å². The van der Waals surface area contributed by atoms with Crippen LogP contribution in [-0.2, 0) is 0 Å². The summed E-state index contributed by atoms with van der Waals surface area (Å²) in [5, 5.41) is 12.0. The van der Waals surface area contributed by atoms with Gasteiger partial charge in [-0.2, -0.15) is 5.26 Å². The molecule has 86 valence electrons. The number of nitrogens with zero attached hydrogens (tertiary/aromatic N) is 1. The molecule has 3 heteroatoms. The molecular weight excluding hydrogens is 203 g/mol. The van der Waals surface area contributed by atoms with Crippen LogP contribution < -0.4 is 5.32 Å². The second kappa shape index (κ2) is 6.12. The predicted octanol–water partition coefficient (Wildman–Crippen LogP) is 3.69. The van der Waals surface area contributed by atoms with E-state index in [4.69, 9.17) is 5.26 Å². The summed E-state index contributed by atoms with van der Waals surface area (Å²) in [4.78, 5) is 0. The molecule has 2 nitrogen and oxygen atoms in total. The third-order valence-corrected chi connectivity index (χ3v) is 2.49. The fourth-order valence-electron chi connectivity index (χ4n) is 1.57. The maximum Gasteiger partial charge on any atom is 0.141 e. The van der Waals surface area contributed by atoms with Gasteiger partial charge in [0.1, 0.15) is 11.9 Å². The van der Waals surface area contributed by atoms with Gasteiger partial charge in [0.25, 0.3) is 0 Å². The highest BCUT2D eigenvalue weighted by atomic mass is 19.1.